The third-order valence-corrected chi connectivity index (χ3v) is 11.8. The van der Waals surface area contributed by atoms with Crippen LogP contribution in [0, 0.1) is 52.3 Å². The summed E-state index contributed by atoms with van der Waals surface area (Å²) in [6.07, 6.45) is 10.7. The number of ketones is 1. The van der Waals surface area contributed by atoms with Gasteiger partial charge in [-0.25, -0.2) is 0 Å². The van der Waals surface area contributed by atoms with Crippen LogP contribution in [0.15, 0.2) is 0 Å². The highest BCUT2D eigenvalue weighted by Crippen LogP contribution is 2.68. The maximum absolute atomic E-state index is 13.4. The fraction of sp³-hybridized carbons (Fsp3) is 0.966. The van der Waals surface area contributed by atoms with Crippen LogP contribution >= 0.6 is 0 Å². The maximum atomic E-state index is 13.4. The number of hydrogen-bond acceptors (Lipinski definition) is 3. The zero-order valence-electron chi connectivity index (χ0n) is 21.7. The minimum atomic E-state index is -1.31. The molecule has 3 nitrogen and oxygen atoms in total. The highest BCUT2D eigenvalue weighted by atomic mass is 16.3. The van der Waals surface area contributed by atoms with Crippen LogP contribution in [0.4, 0.5) is 0 Å². The van der Waals surface area contributed by atoms with Crippen LogP contribution in [0.25, 0.3) is 0 Å². The number of Topliss-reactive ketones (excluding diaryl/α,β-unsaturated/α-hetero) is 1. The summed E-state index contributed by atoms with van der Waals surface area (Å²) in [6.45, 7) is 14.3. The van der Waals surface area contributed by atoms with Crippen LogP contribution in [-0.2, 0) is 4.79 Å². The largest absolute Gasteiger partial charge is 0.393 e. The SMILES string of the molecule is CCC(CC[C@@H](C)[C@H]1CC[C@H]2[C@@H]3CC(=O)[C@@]4(O)C[C@@H](O)CC[C@]4(C)[C@H]3CC[C@]12C)C(C)C. The molecular weight excluding hydrogens is 396 g/mol. The summed E-state index contributed by atoms with van der Waals surface area (Å²) in [6, 6.07) is 0. The molecule has 0 aliphatic heterocycles. The van der Waals surface area contributed by atoms with Gasteiger partial charge in [-0.05, 0) is 91.8 Å². The fourth-order valence-corrected chi connectivity index (χ4v) is 9.68. The molecule has 10 atom stereocenters. The number of rotatable bonds is 6. The molecule has 0 spiro atoms. The normalized spacial score (nSPS) is 48.2. The fourth-order valence-electron chi connectivity index (χ4n) is 9.68. The summed E-state index contributed by atoms with van der Waals surface area (Å²) >= 11 is 0. The minimum absolute atomic E-state index is 0.0310. The van der Waals surface area contributed by atoms with Crippen molar-refractivity contribution in [3.63, 3.8) is 0 Å². The molecular formula is C29H50O3. The van der Waals surface area contributed by atoms with E-state index in [1.54, 1.807) is 0 Å². The van der Waals surface area contributed by atoms with Crippen molar-refractivity contribution in [1.29, 1.82) is 0 Å². The monoisotopic (exact) mass is 446 g/mol. The predicted molar refractivity (Wildman–Crippen MR) is 130 cm³/mol. The van der Waals surface area contributed by atoms with Gasteiger partial charge in [-0.3, -0.25) is 4.79 Å². The van der Waals surface area contributed by atoms with Gasteiger partial charge >= 0.3 is 0 Å². The Bertz CT molecular complexity index is 703. The molecule has 0 aromatic heterocycles. The molecule has 4 aliphatic rings. The van der Waals surface area contributed by atoms with Crippen molar-refractivity contribution < 1.29 is 15.0 Å². The second-order valence-electron chi connectivity index (χ2n) is 13.4. The molecule has 4 saturated carbocycles. The first-order valence-electron chi connectivity index (χ1n) is 13.9. The maximum Gasteiger partial charge on any atom is 0.165 e. The molecule has 3 heteroatoms. The summed E-state index contributed by atoms with van der Waals surface area (Å²) in [5.41, 5.74) is -1.32. The van der Waals surface area contributed by atoms with E-state index in [1.807, 2.05) is 0 Å². The molecule has 0 heterocycles. The lowest BCUT2D eigenvalue weighted by Crippen LogP contribution is -2.67. The number of aliphatic hydroxyl groups excluding tert-OH is 1. The van der Waals surface area contributed by atoms with Gasteiger partial charge in [0, 0.05) is 18.3 Å². The van der Waals surface area contributed by atoms with E-state index in [2.05, 4.69) is 41.5 Å². The molecule has 0 amide bonds. The van der Waals surface area contributed by atoms with Gasteiger partial charge in [0.05, 0.1) is 6.10 Å². The Morgan fingerprint density at radius 1 is 1.00 bits per heavy atom. The summed E-state index contributed by atoms with van der Waals surface area (Å²) in [4.78, 5) is 13.4. The van der Waals surface area contributed by atoms with Crippen molar-refractivity contribution in [1.82, 2.24) is 0 Å². The molecule has 184 valence electrons. The third-order valence-electron chi connectivity index (χ3n) is 11.8. The van der Waals surface area contributed by atoms with Crippen molar-refractivity contribution in [3.8, 4) is 0 Å². The Morgan fingerprint density at radius 3 is 2.38 bits per heavy atom. The van der Waals surface area contributed by atoms with E-state index >= 15 is 0 Å². The lowest BCUT2D eigenvalue weighted by molar-refractivity contribution is -0.213. The molecule has 4 fully saturated rings. The average Bonchev–Trinajstić information content (AvgIpc) is 3.08. The number of carbonyl (C=O) groups excluding carboxylic acids is 1. The zero-order valence-corrected chi connectivity index (χ0v) is 21.7. The van der Waals surface area contributed by atoms with E-state index in [0.717, 1.165) is 42.9 Å². The van der Waals surface area contributed by atoms with Crippen LogP contribution in [0.2, 0.25) is 0 Å². The van der Waals surface area contributed by atoms with E-state index in [1.165, 1.54) is 38.5 Å². The van der Waals surface area contributed by atoms with E-state index in [-0.39, 0.29) is 17.6 Å². The molecule has 1 unspecified atom stereocenters. The Kier molecular flexibility index (Phi) is 6.69. The van der Waals surface area contributed by atoms with Crippen molar-refractivity contribution in [2.45, 2.75) is 124 Å². The first-order chi connectivity index (χ1) is 15.0. The van der Waals surface area contributed by atoms with Gasteiger partial charge in [-0.2, -0.15) is 0 Å². The Balaban J connectivity index is 1.52. The quantitative estimate of drug-likeness (QED) is 0.496. The number of hydrogen-bond donors (Lipinski definition) is 2. The zero-order chi connectivity index (χ0) is 23.5. The standard InChI is InChI=1S/C29H50O3/c1-7-20(18(2)3)9-8-19(4)23-10-11-24-22-16-26(31)29(32)17-21(30)12-15-28(29,6)25(22)13-14-27(23,24)5/h18-25,30,32H,7-17H2,1-6H3/t19-,20?,21+,22+,23-,24+,25+,27-,28-,29+/m1/s1. The Morgan fingerprint density at radius 2 is 1.72 bits per heavy atom. The van der Waals surface area contributed by atoms with Gasteiger partial charge < -0.3 is 10.2 Å². The van der Waals surface area contributed by atoms with Gasteiger partial charge in [-0.15, -0.1) is 0 Å². The van der Waals surface area contributed by atoms with E-state index < -0.39 is 11.7 Å². The first-order valence-corrected chi connectivity index (χ1v) is 13.9. The molecule has 2 N–H and O–H groups in total. The average molecular weight is 447 g/mol. The lowest BCUT2D eigenvalue weighted by atomic mass is 9.42. The van der Waals surface area contributed by atoms with Crippen molar-refractivity contribution in [2.75, 3.05) is 0 Å². The molecule has 4 rings (SSSR count). The van der Waals surface area contributed by atoms with Crippen molar-refractivity contribution in [2.24, 2.45) is 52.3 Å². The predicted octanol–water partition coefficient (Wildman–Crippen LogP) is 6.40. The highest BCUT2D eigenvalue weighted by Gasteiger charge is 2.67. The third kappa shape index (κ3) is 3.63. The molecule has 0 radical (unpaired) electrons. The van der Waals surface area contributed by atoms with Crippen LogP contribution in [0.3, 0.4) is 0 Å². The first kappa shape index (κ1) is 24.7. The molecule has 0 saturated heterocycles. The van der Waals surface area contributed by atoms with Crippen LogP contribution in [0.5, 0.6) is 0 Å². The number of fused-ring (bicyclic) bond motifs is 5. The van der Waals surface area contributed by atoms with E-state index in [4.69, 9.17) is 0 Å². The summed E-state index contributed by atoms with van der Waals surface area (Å²) in [5, 5.41) is 21.8. The molecule has 0 bridgehead atoms. The molecule has 0 aromatic rings. The second kappa shape index (κ2) is 8.67. The van der Waals surface area contributed by atoms with Crippen LogP contribution in [-0.4, -0.2) is 27.7 Å². The highest BCUT2D eigenvalue weighted by molar-refractivity contribution is 5.89. The topological polar surface area (TPSA) is 57.5 Å². The lowest BCUT2D eigenvalue weighted by Gasteiger charge is -2.63. The van der Waals surface area contributed by atoms with E-state index in [9.17, 15) is 15.0 Å². The van der Waals surface area contributed by atoms with Crippen LogP contribution < -0.4 is 0 Å². The summed E-state index contributed by atoms with van der Waals surface area (Å²) in [7, 11) is 0. The van der Waals surface area contributed by atoms with Gasteiger partial charge in [0.2, 0.25) is 0 Å². The van der Waals surface area contributed by atoms with Gasteiger partial charge in [-0.1, -0.05) is 54.4 Å². The summed E-state index contributed by atoms with van der Waals surface area (Å²) < 4.78 is 0. The minimum Gasteiger partial charge on any atom is -0.393 e. The smallest absolute Gasteiger partial charge is 0.165 e. The van der Waals surface area contributed by atoms with Gasteiger partial charge in [0.1, 0.15) is 5.60 Å². The molecule has 4 aliphatic carbocycles. The van der Waals surface area contributed by atoms with Crippen molar-refractivity contribution in [3.05, 3.63) is 0 Å². The Hall–Kier alpha value is -0.410. The molecule has 0 aromatic carbocycles. The van der Waals surface area contributed by atoms with Gasteiger partial charge in [0.15, 0.2) is 5.78 Å². The Labute approximate surface area is 197 Å². The van der Waals surface area contributed by atoms with Crippen molar-refractivity contribution >= 4 is 5.78 Å². The number of carbonyl (C=O) groups is 1. The summed E-state index contributed by atoms with van der Waals surface area (Å²) in [5.74, 6) is 4.65. The van der Waals surface area contributed by atoms with Crippen LogP contribution in [0.1, 0.15) is 112 Å². The van der Waals surface area contributed by atoms with Gasteiger partial charge in [0.25, 0.3) is 0 Å². The van der Waals surface area contributed by atoms with E-state index in [0.29, 0.717) is 29.6 Å². The number of aliphatic hydroxyl groups is 2. The second-order valence-corrected chi connectivity index (χ2v) is 13.4. The molecule has 32 heavy (non-hydrogen) atoms.